The van der Waals surface area contributed by atoms with E-state index in [9.17, 15) is 9.59 Å². The van der Waals surface area contributed by atoms with Gasteiger partial charge in [-0.3, -0.25) is 9.78 Å². The van der Waals surface area contributed by atoms with Gasteiger partial charge in [-0.2, -0.15) is 11.3 Å². The van der Waals surface area contributed by atoms with Gasteiger partial charge in [-0.05, 0) is 84.9 Å². The number of amides is 2. The van der Waals surface area contributed by atoms with Crippen molar-refractivity contribution in [3.63, 3.8) is 0 Å². The summed E-state index contributed by atoms with van der Waals surface area (Å²) in [4.78, 5) is 29.1. The van der Waals surface area contributed by atoms with Gasteiger partial charge in [0.2, 0.25) is 5.91 Å². The molecule has 37 heavy (non-hydrogen) atoms. The number of benzene rings is 1. The second-order valence-corrected chi connectivity index (χ2v) is 11.0. The van der Waals surface area contributed by atoms with E-state index in [2.05, 4.69) is 46.3 Å². The molecular weight excluding hydrogens is 484 g/mol. The molecule has 1 aromatic carbocycles. The first-order valence-corrected chi connectivity index (χ1v) is 14.0. The number of anilines is 1. The molecule has 4 N–H and O–H groups in total. The minimum absolute atomic E-state index is 0.0143. The lowest BCUT2D eigenvalue weighted by Gasteiger charge is -2.38. The van der Waals surface area contributed by atoms with Gasteiger partial charge in [0.1, 0.15) is 6.10 Å². The Kier molecular flexibility index (Phi) is 7.58. The van der Waals surface area contributed by atoms with Crippen LogP contribution in [-0.2, 0) is 15.1 Å². The number of hydrogen-bond acceptors (Lipinski definition) is 6. The van der Waals surface area contributed by atoms with E-state index in [-0.39, 0.29) is 23.5 Å². The molecule has 0 radical (unpaired) electrons. The van der Waals surface area contributed by atoms with Gasteiger partial charge < -0.3 is 21.1 Å². The third-order valence-corrected chi connectivity index (χ3v) is 8.41. The van der Waals surface area contributed by atoms with E-state index in [1.807, 2.05) is 11.4 Å². The molecule has 2 aromatic heterocycles. The fourth-order valence-electron chi connectivity index (χ4n) is 5.35. The van der Waals surface area contributed by atoms with Gasteiger partial charge in [0.05, 0.1) is 17.6 Å². The quantitative estimate of drug-likeness (QED) is 0.353. The summed E-state index contributed by atoms with van der Waals surface area (Å²) in [7, 11) is 1.56. The molecule has 7 nitrogen and oxygen atoms in total. The van der Waals surface area contributed by atoms with Gasteiger partial charge >= 0.3 is 6.09 Å². The number of hydrogen-bond donors (Lipinski definition) is 3. The molecule has 194 valence electrons. The molecule has 2 aliphatic carbocycles. The third kappa shape index (κ3) is 5.86. The first kappa shape index (κ1) is 25.4. The zero-order valence-electron chi connectivity index (χ0n) is 21.2. The summed E-state index contributed by atoms with van der Waals surface area (Å²) in [5.74, 6) is 0.271. The monoisotopic (exact) mass is 518 g/mol. The number of nitrogens with two attached hydrogens (primary N) is 1. The van der Waals surface area contributed by atoms with Crippen LogP contribution in [0, 0.1) is 5.92 Å². The third-order valence-electron chi connectivity index (χ3n) is 7.73. The van der Waals surface area contributed by atoms with Gasteiger partial charge in [0.25, 0.3) is 0 Å². The Labute approximate surface area is 221 Å². The van der Waals surface area contributed by atoms with Crippen LogP contribution < -0.4 is 16.4 Å². The Bertz CT molecular complexity index is 1230. The summed E-state index contributed by atoms with van der Waals surface area (Å²) in [5, 5.41) is 9.69. The van der Waals surface area contributed by atoms with Crippen LogP contribution in [-0.4, -0.2) is 30.1 Å². The fourth-order valence-corrected chi connectivity index (χ4v) is 6.00. The molecule has 2 fully saturated rings. The number of ether oxygens (including phenoxy) is 1. The standard InChI is InChI=1S/C29H34N4O3S/c1-31-28(35)36-24-9-3-19(4-10-24)15-26(34)33-23-16-25(21-11-14-37-18-21)27(32-17-23)20-5-7-22(8-6-20)29(30)12-2-13-29/h5-8,11,14,16-19,24H,2-4,9-10,12-13,15,30H2,1H3,(H,31,35)(H,33,34). The fraction of sp³-hybridized carbons (Fsp3) is 0.414. The van der Waals surface area contributed by atoms with Crippen LogP contribution in [0.1, 0.15) is 56.9 Å². The van der Waals surface area contributed by atoms with Crippen molar-refractivity contribution in [2.75, 3.05) is 12.4 Å². The highest BCUT2D eigenvalue weighted by Gasteiger charge is 2.34. The number of carbonyl (C=O) groups is 2. The summed E-state index contributed by atoms with van der Waals surface area (Å²) in [6.45, 7) is 0. The molecule has 3 aromatic rings. The molecular formula is C29H34N4O3S. The Morgan fingerprint density at radius 3 is 2.49 bits per heavy atom. The molecule has 2 heterocycles. The van der Waals surface area contributed by atoms with Crippen molar-refractivity contribution in [1.29, 1.82) is 0 Å². The van der Waals surface area contributed by atoms with E-state index in [0.717, 1.165) is 60.9 Å². The lowest BCUT2D eigenvalue weighted by atomic mass is 9.72. The number of nitrogens with one attached hydrogen (secondary N) is 2. The first-order chi connectivity index (χ1) is 17.9. The molecule has 8 heteroatoms. The molecule has 0 bridgehead atoms. The maximum Gasteiger partial charge on any atom is 0.407 e. The molecule has 2 saturated carbocycles. The maximum atomic E-state index is 12.9. The van der Waals surface area contributed by atoms with Crippen LogP contribution in [0.2, 0.25) is 0 Å². The summed E-state index contributed by atoms with van der Waals surface area (Å²) in [6.07, 6.45) is 8.28. The van der Waals surface area contributed by atoms with Crippen molar-refractivity contribution < 1.29 is 14.3 Å². The Balaban J connectivity index is 1.26. The van der Waals surface area contributed by atoms with Gasteiger partial charge in [-0.25, -0.2) is 4.79 Å². The Morgan fingerprint density at radius 1 is 1.11 bits per heavy atom. The number of alkyl carbamates (subject to hydrolysis) is 1. The summed E-state index contributed by atoms with van der Waals surface area (Å²) >= 11 is 1.64. The van der Waals surface area contributed by atoms with E-state index < -0.39 is 6.09 Å². The largest absolute Gasteiger partial charge is 0.446 e. The molecule has 0 saturated heterocycles. The van der Waals surface area contributed by atoms with Crippen LogP contribution >= 0.6 is 11.3 Å². The van der Waals surface area contributed by atoms with Crippen molar-refractivity contribution in [2.24, 2.45) is 11.7 Å². The van der Waals surface area contributed by atoms with Crippen molar-refractivity contribution in [2.45, 2.75) is 63.0 Å². The molecule has 2 amide bonds. The topological polar surface area (TPSA) is 106 Å². The van der Waals surface area contributed by atoms with Crippen LogP contribution in [0.15, 0.2) is 53.4 Å². The lowest BCUT2D eigenvalue weighted by Crippen LogP contribution is -2.43. The van der Waals surface area contributed by atoms with Gasteiger partial charge in [-0.1, -0.05) is 24.3 Å². The van der Waals surface area contributed by atoms with Crippen LogP contribution in [0.3, 0.4) is 0 Å². The van der Waals surface area contributed by atoms with Gasteiger partial charge in [-0.15, -0.1) is 0 Å². The first-order valence-electron chi connectivity index (χ1n) is 13.0. The van der Waals surface area contributed by atoms with Crippen molar-refractivity contribution in [3.05, 3.63) is 58.9 Å². The SMILES string of the molecule is CNC(=O)OC1CCC(CC(=O)Nc2cnc(-c3ccc(C4(N)CCC4)cc3)c(-c3ccsc3)c2)CC1. The normalized spacial score (nSPS) is 20.5. The number of aromatic nitrogens is 1. The van der Waals surface area contributed by atoms with Crippen molar-refractivity contribution in [1.82, 2.24) is 10.3 Å². The van der Waals surface area contributed by atoms with Crippen LogP contribution in [0.4, 0.5) is 10.5 Å². The van der Waals surface area contributed by atoms with E-state index in [1.54, 1.807) is 24.6 Å². The van der Waals surface area contributed by atoms with Gasteiger partial charge in [0.15, 0.2) is 0 Å². The molecule has 5 rings (SSSR count). The number of thiophene rings is 1. The maximum absolute atomic E-state index is 12.9. The average Bonchev–Trinajstić information content (AvgIpc) is 3.43. The highest BCUT2D eigenvalue weighted by molar-refractivity contribution is 7.08. The van der Waals surface area contributed by atoms with Crippen LogP contribution in [0.5, 0.6) is 0 Å². The van der Waals surface area contributed by atoms with E-state index >= 15 is 0 Å². The molecule has 0 unspecified atom stereocenters. The predicted octanol–water partition coefficient (Wildman–Crippen LogP) is 6.06. The average molecular weight is 519 g/mol. The minimum atomic E-state index is -0.392. The molecule has 0 atom stereocenters. The lowest BCUT2D eigenvalue weighted by molar-refractivity contribution is -0.117. The second-order valence-electron chi connectivity index (χ2n) is 10.3. The van der Waals surface area contributed by atoms with Gasteiger partial charge in [0, 0.05) is 30.1 Å². The molecule has 0 aliphatic heterocycles. The minimum Gasteiger partial charge on any atom is -0.446 e. The van der Waals surface area contributed by atoms with Crippen molar-refractivity contribution in [3.8, 4) is 22.4 Å². The zero-order valence-corrected chi connectivity index (χ0v) is 22.0. The number of rotatable bonds is 7. The second kappa shape index (κ2) is 11.0. The van der Waals surface area contributed by atoms with E-state index in [4.69, 9.17) is 15.5 Å². The predicted molar refractivity (Wildman–Crippen MR) is 147 cm³/mol. The molecule has 2 aliphatic rings. The molecule has 0 spiro atoms. The van der Waals surface area contributed by atoms with Crippen LogP contribution in [0.25, 0.3) is 22.4 Å². The number of nitrogens with zero attached hydrogens (tertiary/aromatic N) is 1. The zero-order chi connectivity index (χ0) is 25.8. The summed E-state index contributed by atoms with van der Waals surface area (Å²) in [6, 6.07) is 12.5. The highest BCUT2D eigenvalue weighted by Crippen LogP contribution is 2.40. The van der Waals surface area contributed by atoms with Crippen molar-refractivity contribution >= 4 is 29.0 Å². The summed E-state index contributed by atoms with van der Waals surface area (Å²) < 4.78 is 5.35. The van der Waals surface area contributed by atoms with E-state index in [0.29, 0.717) is 12.1 Å². The number of pyridine rings is 1. The summed E-state index contributed by atoms with van der Waals surface area (Å²) in [5.41, 5.74) is 12.2. The smallest absolute Gasteiger partial charge is 0.407 e. The number of carbonyl (C=O) groups excluding carboxylic acids is 2. The highest BCUT2D eigenvalue weighted by atomic mass is 32.1. The Morgan fingerprint density at radius 2 is 1.86 bits per heavy atom. The van der Waals surface area contributed by atoms with E-state index in [1.165, 1.54) is 12.0 Å². The Hall–Kier alpha value is -3.23.